The number of nitrogens with two attached hydrogens (primary N) is 1. The second-order valence-corrected chi connectivity index (χ2v) is 4.84. The number of aryl methyl sites for hydroxylation is 1. The maximum atomic E-state index is 5.63. The second kappa shape index (κ2) is 4.86. The normalized spacial score (nSPS) is 13.2. The van der Waals surface area contributed by atoms with E-state index in [1.165, 1.54) is 11.5 Å². The fourth-order valence-electron chi connectivity index (χ4n) is 1.66. The maximum absolute atomic E-state index is 5.63. The highest BCUT2D eigenvalue weighted by atomic mass is 32.1. The van der Waals surface area contributed by atoms with E-state index in [9.17, 15) is 0 Å². The molecule has 2 rings (SSSR count). The van der Waals surface area contributed by atoms with Gasteiger partial charge in [-0.05, 0) is 17.5 Å². The molecule has 92 valence electrons. The van der Waals surface area contributed by atoms with Crippen LogP contribution in [0.1, 0.15) is 42.1 Å². The van der Waals surface area contributed by atoms with Crippen LogP contribution in [-0.2, 0) is 7.05 Å². The molecule has 0 saturated heterocycles. The number of hydrogen-bond donors (Lipinski definition) is 2. The van der Waals surface area contributed by atoms with Crippen LogP contribution in [0.4, 0.5) is 0 Å². The number of aromatic nitrogens is 5. The van der Waals surface area contributed by atoms with E-state index in [-0.39, 0.29) is 6.04 Å². The van der Waals surface area contributed by atoms with Crippen LogP contribution in [0.5, 0.6) is 0 Å². The minimum atomic E-state index is -0.174. The van der Waals surface area contributed by atoms with Gasteiger partial charge in [0.15, 0.2) is 0 Å². The first-order valence-electron chi connectivity index (χ1n) is 5.28. The molecule has 0 bridgehead atoms. The molecule has 0 aliphatic rings. The SMILES string of the molecule is CC(C)c1nnsc1C(NN)c1cnnn1C. The molecule has 8 heteroatoms. The highest BCUT2D eigenvalue weighted by molar-refractivity contribution is 7.05. The van der Waals surface area contributed by atoms with Gasteiger partial charge in [0.2, 0.25) is 0 Å². The Hall–Kier alpha value is -1.38. The van der Waals surface area contributed by atoms with E-state index in [4.69, 9.17) is 5.84 Å². The van der Waals surface area contributed by atoms with E-state index >= 15 is 0 Å². The van der Waals surface area contributed by atoms with E-state index in [1.54, 1.807) is 10.9 Å². The molecule has 17 heavy (non-hydrogen) atoms. The molecule has 2 aromatic rings. The van der Waals surface area contributed by atoms with E-state index in [1.807, 2.05) is 7.05 Å². The Balaban J connectivity index is 2.43. The van der Waals surface area contributed by atoms with E-state index in [0.717, 1.165) is 16.3 Å². The van der Waals surface area contributed by atoms with Gasteiger partial charge in [0, 0.05) is 7.05 Å². The average Bonchev–Trinajstić information content (AvgIpc) is 2.90. The molecule has 0 aliphatic heterocycles. The molecule has 2 heterocycles. The molecule has 1 atom stereocenters. The molecule has 0 aromatic carbocycles. The summed E-state index contributed by atoms with van der Waals surface area (Å²) < 4.78 is 5.69. The number of nitrogens with zero attached hydrogens (tertiary/aromatic N) is 5. The number of nitrogens with one attached hydrogen (secondary N) is 1. The maximum Gasteiger partial charge on any atom is 0.102 e. The quantitative estimate of drug-likeness (QED) is 0.603. The third-order valence-corrected chi connectivity index (χ3v) is 3.37. The lowest BCUT2D eigenvalue weighted by atomic mass is 10.0. The van der Waals surface area contributed by atoms with Crippen molar-refractivity contribution in [2.24, 2.45) is 12.9 Å². The van der Waals surface area contributed by atoms with Gasteiger partial charge in [-0.25, -0.2) is 5.43 Å². The first kappa shape index (κ1) is 12.1. The Bertz CT molecular complexity index is 489. The predicted molar refractivity (Wildman–Crippen MR) is 64.2 cm³/mol. The fraction of sp³-hybridized carbons (Fsp3) is 0.556. The number of hydrogen-bond acceptors (Lipinski definition) is 7. The Morgan fingerprint density at radius 2 is 2.24 bits per heavy atom. The third-order valence-electron chi connectivity index (χ3n) is 2.56. The highest BCUT2D eigenvalue weighted by Gasteiger charge is 2.24. The summed E-state index contributed by atoms with van der Waals surface area (Å²) in [5, 5.41) is 11.9. The molecule has 2 aromatic heterocycles. The zero-order chi connectivity index (χ0) is 12.4. The van der Waals surface area contributed by atoms with Crippen LogP contribution >= 0.6 is 11.5 Å². The molecule has 1 unspecified atom stereocenters. The summed E-state index contributed by atoms with van der Waals surface area (Å²) in [6, 6.07) is -0.174. The Morgan fingerprint density at radius 3 is 2.76 bits per heavy atom. The Morgan fingerprint density at radius 1 is 1.47 bits per heavy atom. The summed E-state index contributed by atoms with van der Waals surface area (Å²) in [6.07, 6.45) is 1.69. The predicted octanol–water partition coefficient (Wildman–Crippen LogP) is 0.343. The number of hydrazine groups is 1. The highest BCUT2D eigenvalue weighted by Crippen LogP contribution is 2.29. The lowest BCUT2D eigenvalue weighted by Gasteiger charge is -2.15. The van der Waals surface area contributed by atoms with Crippen molar-refractivity contribution < 1.29 is 0 Å². The van der Waals surface area contributed by atoms with Crippen molar-refractivity contribution in [3.63, 3.8) is 0 Å². The first-order valence-corrected chi connectivity index (χ1v) is 6.05. The van der Waals surface area contributed by atoms with E-state index in [0.29, 0.717) is 5.92 Å². The van der Waals surface area contributed by atoms with Gasteiger partial charge < -0.3 is 0 Å². The van der Waals surface area contributed by atoms with E-state index in [2.05, 4.69) is 39.2 Å². The van der Waals surface area contributed by atoms with Gasteiger partial charge in [0.05, 0.1) is 22.5 Å². The lowest BCUT2D eigenvalue weighted by molar-refractivity contribution is 0.569. The average molecular weight is 253 g/mol. The van der Waals surface area contributed by atoms with Crippen molar-refractivity contribution in [1.29, 1.82) is 0 Å². The monoisotopic (exact) mass is 253 g/mol. The van der Waals surface area contributed by atoms with Crippen LogP contribution in [0.15, 0.2) is 6.20 Å². The van der Waals surface area contributed by atoms with Crippen molar-refractivity contribution in [3.8, 4) is 0 Å². The topological polar surface area (TPSA) is 94.5 Å². The van der Waals surface area contributed by atoms with Gasteiger partial charge in [-0.3, -0.25) is 10.5 Å². The standard InChI is InChI=1S/C9H15N7S/c1-5(2)7-9(17-15-13-7)8(12-10)6-4-11-14-16(6)3/h4-5,8,12H,10H2,1-3H3. The van der Waals surface area contributed by atoms with Crippen LogP contribution < -0.4 is 11.3 Å². The fourth-order valence-corrected chi connectivity index (χ4v) is 2.54. The van der Waals surface area contributed by atoms with Crippen molar-refractivity contribution in [1.82, 2.24) is 30.0 Å². The molecular weight excluding hydrogens is 238 g/mol. The largest absolute Gasteiger partial charge is 0.270 e. The molecule has 0 fully saturated rings. The van der Waals surface area contributed by atoms with Crippen LogP contribution in [-0.4, -0.2) is 24.6 Å². The number of rotatable bonds is 4. The molecule has 0 aliphatic carbocycles. The lowest BCUT2D eigenvalue weighted by Crippen LogP contribution is -2.30. The molecule has 3 N–H and O–H groups in total. The Labute approximate surface area is 103 Å². The Kier molecular flexibility index (Phi) is 3.46. The summed E-state index contributed by atoms with van der Waals surface area (Å²) in [7, 11) is 1.83. The third kappa shape index (κ3) is 2.19. The van der Waals surface area contributed by atoms with Crippen molar-refractivity contribution in [3.05, 3.63) is 22.5 Å². The zero-order valence-corrected chi connectivity index (χ0v) is 10.8. The van der Waals surface area contributed by atoms with Crippen LogP contribution in [0, 0.1) is 0 Å². The molecule has 0 radical (unpaired) electrons. The van der Waals surface area contributed by atoms with Gasteiger partial charge in [-0.1, -0.05) is 23.5 Å². The smallest absolute Gasteiger partial charge is 0.102 e. The second-order valence-electron chi connectivity index (χ2n) is 4.06. The summed E-state index contributed by atoms with van der Waals surface area (Å²) in [5.41, 5.74) is 4.62. The van der Waals surface area contributed by atoms with Crippen LogP contribution in [0.2, 0.25) is 0 Å². The minimum Gasteiger partial charge on any atom is -0.270 e. The van der Waals surface area contributed by atoms with Gasteiger partial charge in [-0.2, -0.15) is 0 Å². The van der Waals surface area contributed by atoms with Gasteiger partial charge >= 0.3 is 0 Å². The van der Waals surface area contributed by atoms with Gasteiger partial charge in [-0.15, -0.1) is 10.2 Å². The van der Waals surface area contributed by atoms with E-state index < -0.39 is 0 Å². The zero-order valence-electron chi connectivity index (χ0n) is 9.95. The summed E-state index contributed by atoms with van der Waals surface area (Å²) in [6.45, 7) is 4.16. The van der Waals surface area contributed by atoms with Gasteiger partial charge in [0.25, 0.3) is 0 Å². The van der Waals surface area contributed by atoms with Crippen molar-refractivity contribution in [2.75, 3.05) is 0 Å². The minimum absolute atomic E-state index is 0.174. The summed E-state index contributed by atoms with van der Waals surface area (Å²) >= 11 is 1.34. The van der Waals surface area contributed by atoms with Crippen LogP contribution in [0.3, 0.4) is 0 Å². The molecule has 0 amide bonds. The summed E-state index contributed by atoms with van der Waals surface area (Å²) in [5.74, 6) is 5.93. The molecule has 0 spiro atoms. The van der Waals surface area contributed by atoms with Crippen molar-refractivity contribution >= 4 is 11.5 Å². The molecule has 7 nitrogen and oxygen atoms in total. The molecular formula is C9H15N7S. The van der Waals surface area contributed by atoms with Crippen molar-refractivity contribution in [2.45, 2.75) is 25.8 Å². The first-order chi connectivity index (χ1) is 8.15. The van der Waals surface area contributed by atoms with Crippen LogP contribution in [0.25, 0.3) is 0 Å². The summed E-state index contributed by atoms with van der Waals surface area (Å²) in [4.78, 5) is 1.01. The van der Waals surface area contributed by atoms with Gasteiger partial charge in [0.1, 0.15) is 6.04 Å². The molecule has 0 saturated carbocycles.